The molecule has 3 heterocycles. The van der Waals surface area contributed by atoms with Gasteiger partial charge in [-0.25, -0.2) is 8.42 Å². The molecule has 8 heteroatoms. The third-order valence-electron chi connectivity index (χ3n) is 6.77. The van der Waals surface area contributed by atoms with Crippen molar-refractivity contribution in [2.24, 2.45) is 0 Å². The first kappa shape index (κ1) is 18.1. The van der Waals surface area contributed by atoms with Crippen molar-refractivity contribution >= 4 is 9.84 Å². The van der Waals surface area contributed by atoms with Crippen molar-refractivity contribution in [3.05, 3.63) is 41.5 Å². The molecule has 1 aliphatic carbocycles. The third-order valence-corrected chi connectivity index (χ3v) is 9.32. The molecule has 1 unspecified atom stereocenters. The van der Waals surface area contributed by atoms with E-state index in [0.29, 0.717) is 43.7 Å². The van der Waals surface area contributed by atoms with Crippen LogP contribution in [-0.4, -0.2) is 60.2 Å². The molecule has 2 saturated heterocycles. The SMILES string of the molecule is COc1ccc(Cc2noc(C3CCS(=O)(=O)C34CN(C3CCC3)C4)n2)cc1. The lowest BCUT2D eigenvalue weighted by atomic mass is 9.79. The average molecular weight is 404 g/mol. The van der Waals surface area contributed by atoms with Crippen molar-refractivity contribution in [3.63, 3.8) is 0 Å². The van der Waals surface area contributed by atoms with E-state index in [-0.39, 0.29) is 11.7 Å². The van der Waals surface area contributed by atoms with Crippen LogP contribution in [0, 0.1) is 0 Å². The maximum absolute atomic E-state index is 12.9. The second-order valence-corrected chi connectivity index (χ2v) is 10.7. The van der Waals surface area contributed by atoms with E-state index < -0.39 is 14.6 Å². The molecule has 0 bridgehead atoms. The fourth-order valence-corrected chi connectivity index (χ4v) is 7.11. The monoisotopic (exact) mass is 403 g/mol. The Kier molecular flexibility index (Phi) is 4.24. The third kappa shape index (κ3) is 2.76. The first-order valence-electron chi connectivity index (χ1n) is 9.92. The summed E-state index contributed by atoms with van der Waals surface area (Å²) in [6, 6.07) is 8.31. The van der Waals surface area contributed by atoms with Gasteiger partial charge in [0.1, 0.15) is 10.5 Å². The van der Waals surface area contributed by atoms with Crippen LogP contribution in [0.4, 0.5) is 0 Å². The summed E-state index contributed by atoms with van der Waals surface area (Å²) in [6.45, 7) is 1.22. The minimum absolute atomic E-state index is 0.189. The van der Waals surface area contributed by atoms with Crippen LogP contribution in [0.25, 0.3) is 0 Å². The zero-order valence-corrected chi connectivity index (χ0v) is 16.8. The topological polar surface area (TPSA) is 85.5 Å². The zero-order valence-electron chi connectivity index (χ0n) is 16.0. The Balaban J connectivity index is 1.34. The highest BCUT2D eigenvalue weighted by Crippen LogP contribution is 2.51. The summed E-state index contributed by atoms with van der Waals surface area (Å²) in [5.41, 5.74) is 1.06. The van der Waals surface area contributed by atoms with Gasteiger partial charge < -0.3 is 9.26 Å². The van der Waals surface area contributed by atoms with Gasteiger partial charge in [-0.05, 0) is 37.0 Å². The molecule has 2 aromatic rings. The average Bonchev–Trinajstić information content (AvgIpc) is 3.16. The molecule has 1 spiro atoms. The van der Waals surface area contributed by atoms with Crippen molar-refractivity contribution < 1.29 is 17.7 Å². The van der Waals surface area contributed by atoms with Crippen LogP contribution in [0.3, 0.4) is 0 Å². The molecular formula is C20H25N3O4S. The molecule has 0 N–H and O–H groups in total. The van der Waals surface area contributed by atoms with Crippen molar-refractivity contribution in [2.75, 3.05) is 26.0 Å². The van der Waals surface area contributed by atoms with Gasteiger partial charge in [0, 0.05) is 25.6 Å². The molecular weight excluding hydrogens is 378 g/mol. The van der Waals surface area contributed by atoms with Gasteiger partial charge in [0.2, 0.25) is 5.89 Å². The molecule has 2 aliphatic heterocycles. The number of methoxy groups -OCH3 is 1. The second kappa shape index (κ2) is 6.56. The Bertz CT molecular complexity index is 960. The van der Waals surface area contributed by atoms with Crippen molar-refractivity contribution in [1.82, 2.24) is 15.0 Å². The van der Waals surface area contributed by atoms with Gasteiger partial charge in [0.15, 0.2) is 15.7 Å². The minimum Gasteiger partial charge on any atom is -0.497 e. The van der Waals surface area contributed by atoms with Crippen molar-refractivity contribution in [3.8, 4) is 5.75 Å². The predicted octanol–water partition coefficient (Wildman–Crippen LogP) is 2.18. The Morgan fingerprint density at radius 1 is 1.21 bits per heavy atom. The summed E-state index contributed by atoms with van der Waals surface area (Å²) < 4.78 is 35.7. The molecule has 150 valence electrons. The molecule has 1 saturated carbocycles. The van der Waals surface area contributed by atoms with Gasteiger partial charge in [0.25, 0.3) is 0 Å². The van der Waals surface area contributed by atoms with Crippen LogP contribution in [0.2, 0.25) is 0 Å². The van der Waals surface area contributed by atoms with Crippen LogP contribution >= 0.6 is 0 Å². The zero-order chi connectivity index (χ0) is 19.4. The number of ether oxygens (including phenoxy) is 1. The molecule has 3 fully saturated rings. The normalized spacial score (nSPS) is 26.1. The molecule has 3 aliphatic rings. The molecule has 1 atom stereocenters. The molecule has 7 nitrogen and oxygen atoms in total. The van der Waals surface area contributed by atoms with E-state index >= 15 is 0 Å². The number of likely N-dealkylation sites (tertiary alicyclic amines) is 1. The molecule has 1 aromatic heterocycles. The quantitative estimate of drug-likeness (QED) is 0.756. The molecule has 1 aromatic carbocycles. The van der Waals surface area contributed by atoms with E-state index in [1.54, 1.807) is 7.11 Å². The van der Waals surface area contributed by atoms with Gasteiger partial charge in [-0.15, -0.1) is 0 Å². The number of hydrogen-bond acceptors (Lipinski definition) is 7. The summed E-state index contributed by atoms with van der Waals surface area (Å²) in [5.74, 6) is 1.90. The largest absolute Gasteiger partial charge is 0.497 e. The lowest BCUT2D eigenvalue weighted by Gasteiger charge is -2.54. The summed E-state index contributed by atoms with van der Waals surface area (Å²) >= 11 is 0. The highest BCUT2D eigenvalue weighted by atomic mass is 32.2. The van der Waals surface area contributed by atoms with Crippen LogP contribution in [-0.2, 0) is 16.3 Å². The van der Waals surface area contributed by atoms with Gasteiger partial charge in [-0.1, -0.05) is 23.7 Å². The predicted molar refractivity (Wildman–Crippen MR) is 103 cm³/mol. The number of nitrogens with zero attached hydrogens (tertiary/aromatic N) is 3. The van der Waals surface area contributed by atoms with Crippen molar-refractivity contribution in [1.29, 1.82) is 0 Å². The first-order valence-corrected chi connectivity index (χ1v) is 11.6. The van der Waals surface area contributed by atoms with E-state index in [2.05, 4.69) is 15.0 Å². The van der Waals surface area contributed by atoms with E-state index in [1.165, 1.54) is 19.3 Å². The lowest BCUT2D eigenvalue weighted by molar-refractivity contribution is 0.0194. The van der Waals surface area contributed by atoms with E-state index in [4.69, 9.17) is 9.26 Å². The van der Waals surface area contributed by atoms with E-state index in [1.807, 2.05) is 24.3 Å². The number of sulfone groups is 1. The van der Waals surface area contributed by atoms with E-state index in [9.17, 15) is 8.42 Å². The number of hydrogen-bond donors (Lipinski definition) is 0. The number of rotatable bonds is 5. The summed E-state index contributed by atoms with van der Waals surface area (Å²) in [6.07, 6.45) is 4.75. The van der Waals surface area contributed by atoms with E-state index in [0.717, 1.165) is 11.3 Å². The lowest BCUT2D eigenvalue weighted by Crippen LogP contribution is -2.69. The Morgan fingerprint density at radius 3 is 2.61 bits per heavy atom. The highest BCUT2D eigenvalue weighted by Gasteiger charge is 2.64. The summed E-state index contributed by atoms with van der Waals surface area (Å²) in [5, 5.41) is 4.13. The maximum atomic E-state index is 12.9. The van der Waals surface area contributed by atoms with Crippen LogP contribution in [0.5, 0.6) is 5.75 Å². The molecule has 0 radical (unpaired) electrons. The van der Waals surface area contributed by atoms with Crippen LogP contribution in [0.1, 0.15) is 48.9 Å². The van der Waals surface area contributed by atoms with Gasteiger partial charge >= 0.3 is 0 Å². The minimum atomic E-state index is -3.14. The van der Waals surface area contributed by atoms with Crippen LogP contribution < -0.4 is 4.74 Å². The number of aromatic nitrogens is 2. The van der Waals surface area contributed by atoms with Gasteiger partial charge in [0.05, 0.1) is 18.8 Å². The molecule has 0 amide bonds. The van der Waals surface area contributed by atoms with Crippen molar-refractivity contribution in [2.45, 2.75) is 48.8 Å². The Hall–Kier alpha value is -1.93. The van der Waals surface area contributed by atoms with Gasteiger partial charge in [-0.2, -0.15) is 4.98 Å². The van der Waals surface area contributed by atoms with Gasteiger partial charge in [-0.3, -0.25) is 4.90 Å². The first-order chi connectivity index (χ1) is 13.5. The second-order valence-electron chi connectivity index (χ2n) is 8.29. The smallest absolute Gasteiger partial charge is 0.231 e. The highest BCUT2D eigenvalue weighted by molar-refractivity contribution is 7.93. The Labute approximate surface area is 165 Å². The standard InChI is InChI=1S/C20H25N3O4S/c1-26-16-7-5-14(6-8-16)11-18-21-19(27-22-18)17-9-10-28(24,25)20(17)12-23(13-20)15-3-2-4-15/h5-8,15,17H,2-4,9-13H2,1H3. The fraction of sp³-hybridized carbons (Fsp3) is 0.600. The summed E-state index contributed by atoms with van der Waals surface area (Å²) in [4.78, 5) is 6.91. The number of benzene rings is 1. The van der Waals surface area contributed by atoms with Crippen LogP contribution in [0.15, 0.2) is 28.8 Å². The fourth-order valence-electron chi connectivity index (χ4n) is 4.78. The molecule has 28 heavy (non-hydrogen) atoms. The molecule has 5 rings (SSSR count). The Morgan fingerprint density at radius 2 is 1.96 bits per heavy atom. The summed E-state index contributed by atoms with van der Waals surface area (Å²) in [7, 11) is -1.50. The maximum Gasteiger partial charge on any atom is 0.231 e.